The molecule has 2 aromatic heterocycles. The number of thiol groups is 2. The topological polar surface area (TPSA) is 389 Å². The van der Waals surface area contributed by atoms with Gasteiger partial charge in [0.15, 0.2) is 0 Å². The lowest BCUT2D eigenvalue weighted by atomic mass is 10.0. The van der Waals surface area contributed by atoms with Crippen molar-refractivity contribution in [3.8, 4) is 0 Å². The summed E-state index contributed by atoms with van der Waals surface area (Å²) in [5.41, 5.74) is 7.25. The van der Waals surface area contributed by atoms with Crippen LogP contribution >= 0.6 is 25.3 Å². The number of nitrogens with zero attached hydrogens (tertiary/aromatic N) is 2. The molecule has 382 valence electrons. The number of carboxylic acids is 2. The van der Waals surface area contributed by atoms with E-state index >= 15 is 0 Å². The summed E-state index contributed by atoms with van der Waals surface area (Å²) in [5, 5.41) is 46.9. The zero-order valence-corrected chi connectivity index (χ0v) is 40.1. The smallest absolute Gasteiger partial charge is 0.327 e. The number of aromatic nitrogens is 3. The maximum atomic E-state index is 14.7. The summed E-state index contributed by atoms with van der Waals surface area (Å²) in [6.45, 7) is 1.89. The number of fused-ring (bicyclic) bond motifs is 1. The maximum Gasteiger partial charge on any atom is 0.327 e. The predicted octanol–water partition coefficient (Wildman–Crippen LogP) is -3.52. The van der Waals surface area contributed by atoms with Crippen LogP contribution < -0.4 is 43.0 Å². The first-order valence-electron chi connectivity index (χ1n) is 22.2. The van der Waals surface area contributed by atoms with Gasteiger partial charge < -0.3 is 73.1 Å². The molecule has 0 saturated carbocycles. The Hall–Kier alpha value is -6.71. The number of aliphatic hydroxyl groups excluding tert-OH is 1. The molecule has 0 aliphatic carbocycles. The highest BCUT2D eigenvalue weighted by atomic mass is 32.1. The molecule has 1 aliphatic rings. The van der Waals surface area contributed by atoms with Crippen molar-refractivity contribution in [2.24, 2.45) is 11.7 Å². The van der Waals surface area contributed by atoms with Gasteiger partial charge in [-0.2, -0.15) is 25.3 Å². The quantitative estimate of drug-likeness (QED) is 0.0329. The van der Waals surface area contributed by atoms with E-state index in [2.05, 4.69) is 77.4 Å². The normalized spacial score (nSPS) is 16.4. The summed E-state index contributed by atoms with van der Waals surface area (Å²) in [5.74, 6) is -10.6. The molecule has 1 saturated heterocycles. The molecule has 14 N–H and O–H groups in total. The van der Waals surface area contributed by atoms with Crippen LogP contribution in [-0.4, -0.2) is 174 Å². The van der Waals surface area contributed by atoms with Crippen molar-refractivity contribution in [1.29, 1.82) is 0 Å². The Kier molecular flexibility index (Phi) is 21.5. The van der Waals surface area contributed by atoms with Gasteiger partial charge in [0.05, 0.1) is 31.9 Å². The van der Waals surface area contributed by atoms with Crippen molar-refractivity contribution in [1.82, 2.24) is 57.1 Å². The second-order valence-electron chi connectivity index (χ2n) is 16.9. The van der Waals surface area contributed by atoms with Crippen molar-refractivity contribution in [3.05, 3.63) is 54.2 Å². The van der Waals surface area contributed by atoms with Crippen LogP contribution in [0.2, 0.25) is 0 Å². The van der Waals surface area contributed by atoms with Crippen LogP contribution in [0.5, 0.6) is 0 Å². The average molecular weight is 1020 g/mol. The Morgan fingerprint density at radius 2 is 1.43 bits per heavy atom. The molecule has 1 fully saturated rings. The summed E-state index contributed by atoms with van der Waals surface area (Å²) in [7, 11) is 0. The fraction of sp³-hybridized carbons (Fsp3) is 0.512. The van der Waals surface area contributed by atoms with Crippen molar-refractivity contribution in [2.45, 2.75) is 101 Å². The van der Waals surface area contributed by atoms with Gasteiger partial charge >= 0.3 is 11.9 Å². The second kappa shape index (κ2) is 26.9. The molecule has 1 aliphatic heterocycles. The van der Waals surface area contributed by atoms with E-state index in [1.165, 1.54) is 17.4 Å². The zero-order valence-electron chi connectivity index (χ0n) is 38.3. The van der Waals surface area contributed by atoms with Crippen LogP contribution in [0.1, 0.15) is 50.8 Å². The van der Waals surface area contributed by atoms with Crippen molar-refractivity contribution >= 4 is 95.4 Å². The van der Waals surface area contributed by atoms with Gasteiger partial charge in [0.2, 0.25) is 47.3 Å². The predicted molar refractivity (Wildman–Crippen MR) is 256 cm³/mol. The third-order valence-corrected chi connectivity index (χ3v) is 11.9. The Labute approximate surface area is 412 Å². The molecule has 0 radical (unpaired) electrons. The summed E-state index contributed by atoms with van der Waals surface area (Å²) in [4.78, 5) is 143. The SMILES string of the molecule is CC(C)C[C@H](NC(=O)[C@H](CO)NC(=O)CNC(=O)[C@@H](N)CS)C(=O)N[C@@H](CC(=O)O)C(=O)N[C@@H](Cc1c[nH]c2ccccc12)C(=O)N1CCC[C@H]1C(=O)N[C@@H](Cc1cnc[nH]1)C(=O)N[C@@H](CS)C(=O)O. The summed E-state index contributed by atoms with van der Waals surface area (Å²) in [6, 6.07) is -4.24. The first-order valence-corrected chi connectivity index (χ1v) is 23.5. The van der Waals surface area contributed by atoms with E-state index in [0.29, 0.717) is 28.6 Å². The standard InChI is InChI=1S/C43H60N12O13S2/c1-21(2)10-27(50-40(64)31(17-56)49-34(57)16-47-36(60)25(44)18-69)37(61)51-29(13-35(58)59)39(63)53-30(11-22-14-46-26-7-4-3-6-24(22)26)42(66)55-9-5-8-33(55)41(65)52-28(12-23-15-45-20-48-23)38(62)54-32(19-70)43(67)68/h3-4,6-7,14-15,20-21,25,27-33,46,56,69-70H,5,8-13,16-19,44H2,1-2H3,(H,45,48)(H,47,60)(H,49,57)(H,50,64)(H,51,61)(H,52,65)(H,53,63)(H,54,62)(H,58,59)(H,67,68)/t25-,27-,28-,29-,30-,31-,32-,33-/m0/s1. The second-order valence-corrected chi connectivity index (χ2v) is 17.6. The Morgan fingerprint density at radius 3 is 2.06 bits per heavy atom. The molecule has 0 spiro atoms. The lowest BCUT2D eigenvalue weighted by molar-refractivity contribution is -0.144. The van der Waals surface area contributed by atoms with Crippen LogP contribution in [0, 0.1) is 5.92 Å². The van der Waals surface area contributed by atoms with Crippen LogP contribution in [0.25, 0.3) is 10.9 Å². The lowest BCUT2D eigenvalue weighted by Gasteiger charge is -2.31. The van der Waals surface area contributed by atoms with E-state index in [-0.39, 0.29) is 49.7 Å². The third-order valence-electron chi connectivity index (χ3n) is 11.1. The Morgan fingerprint density at radius 1 is 0.786 bits per heavy atom. The van der Waals surface area contributed by atoms with Crippen LogP contribution in [0.3, 0.4) is 0 Å². The molecule has 0 bridgehead atoms. The number of rotatable bonds is 27. The molecular weight excluding hydrogens is 957 g/mol. The van der Waals surface area contributed by atoms with Crippen LogP contribution in [0.4, 0.5) is 0 Å². The lowest BCUT2D eigenvalue weighted by Crippen LogP contribution is -2.61. The number of hydrogen-bond acceptors (Lipinski definition) is 15. The highest BCUT2D eigenvalue weighted by Crippen LogP contribution is 2.23. The molecule has 0 unspecified atom stereocenters. The van der Waals surface area contributed by atoms with Gasteiger partial charge in [-0.05, 0) is 36.8 Å². The minimum Gasteiger partial charge on any atom is -0.481 e. The average Bonchev–Trinajstić information content (AvgIpc) is 4.12. The summed E-state index contributed by atoms with van der Waals surface area (Å²) in [6.07, 6.45) is 3.44. The number of carbonyl (C=O) groups is 10. The zero-order chi connectivity index (χ0) is 51.7. The number of aliphatic hydroxyl groups is 1. The molecule has 25 nitrogen and oxygen atoms in total. The molecular formula is C43H60N12O13S2. The number of carbonyl (C=O) groups excluding carboxylic acids is 8. The van der Waals surface area contributed by atoms with Gasteiger partial charge in [0.25, 0.3) is 0 Å². The maximum absolute atomic E-state index is 14.7. The number of aliphatic carboxylic acids is 2. The number of para-hydroxylation sites is 1. The number of hydrogen-bond donors (Lipinski definition) is 15. The van der Waals surface area contributed by atoms with Gasteiger partial charge in [-0.1, -0.05) is 32.0 Å². The highest BCUT2D eigenvalue weighted by Gasteiger charge is 2.41. The number of benzene rings is 1. The number of nitrogens with two attached hydrogens (primary N) is 1. The van der Waals surface area contributed by atoms with Gasteiger partial charge in [-0.15, -0.1) is 0 Å². The van der Waals surface area contributed by atoms with Crippen molar-refractivity contribution < 1.29 is 63.3 Å². The number of imidazole rings is 1. The van der Waals surface area contributed by atoms with Gasteiger partial charge in [0, 0.05) is 59.9 Å². The fourth-order valence-electron chi connectivity index (χ4n) is 7.50. The molecule has 3 aromatic rings. The number of aromatic amines is 2. The molecule has 70 heavy (non-hydrogen) atoms. The molecule has 4 rings (SSSR count). The largest absolute Gasteiger partial charge is 0.481 e. The van der Waals surface area contributed by atoms with E-state index < -0.39 is 127 Å². The van der Waals surface area contributed by atoms with Crippen molar-refractivity contribution in [3.63, 3.8) is 0 Å². The molecule has 27 heteroatoms. The fourth-order valence-corrected chi connectivity index (χ4v) is 7.91. The molecule has 8 amide bonds. The van der Waals surface area contributed by atoms with Gasteiger partial charge in [-0.25, -0.2) is 9.78 Å². The third kappa shape index (κ3) is 16.2. The van der Waals surface area contributed by atoms with Gasteiger partial charge in [0.1, 0.15) is 42.3 Å². The monoisotopic (exact) mass is 1020 g/mol. The Bertz CT molecular complexity index is 2350. The van der Waals surface area contributed by atoms with Gasteiger partial charge in [-0.3, -0.25) is 43.2 Å². The van der Waals surface area contributed by atoms with E-state index in [0.717, 1.165) is 0 Å². The first-order chi connectivity index (χ1) is 33.3. The summed E-state index contributed by atoms with van der Waals surface area (Å²) < 4.78 is 0. The van der Waals surface area contributed by atoms with E-state index in [4.69, 9.17) is 5.73 Å². The number of nitrogens with one attached hydrogen (secondary N) is 9. The minimum atomic E-state index is -1.85. The number of H-pyrrole nitrogens is 2. The van der Waals surface area contributed by atoms with Crippen LogP contribution in [-0.2, 0) is 60.8 Å². The molecule has 8 atom stereocenters. The van der Waals surface area contributed by atoms with Crippen LogP contribution in [0.15, 0.2) is 43.0 Å². The molecule has 3 heterocycles. The van der Waals surface area contributed by atoms with E-state index in [1.807, 2.05) is 0 Å². The van der Waals surface area contributed by atoms with Crippen molar-refractivity contribution in [2.75, 3.05) is 31.2 Å². The highest BCUT2D eigenvalue weighted by molar-refractivity contribution is 7.80. The Balaban J connectivity index is 1.58. The summed E-state index contributed by atoms with van der Waals surface area (Å²) >= 11 is 7.91. The van der Waals surface area contributed by atoms with E-state index in [1.54, 1.807) is 44.3 Å². The number of likely N-dealkylation sites (tertiary alicyclic amines) is 1. The minimum absolute atomic E-state index is 0.0105. The number of amides is 8. The molecule has 1 aromatic carbocycles. The van der Waals surface area contributed by atoms with E-state index in [9.17, 15) is 63.3 Å². The first kappa shape index (κ1) is 55.9. The number of carboxylic acid groups (broad SMARTS) is 2.